The van der Waals surface area contributed by atoms with Crippen LogP contribution in [-0.4, -0.2) is 81.4 Å². The number of carbonyl (C=O) groups excluding carboxylic acids is 2. The molecule has 0 bridgehead atoms. The topological polar surface area (TPSA) is 87.2 Å². The lowest BCUT2D eigenvalue weighted by Crippen LogP contribution is -2.52. The Morgan fingerprint density at radius 3 is 2.62 bits per heavy atom. The Labute approximate surface area is 200 Å². The molecule has 0 radical (unpaired) electrons. The van der Waals surface area contributed by atoms with Crippen molar-refractivity contribution in [1.82, 2.24) is 15.2 Å². The normalized spacial score (nSPS) is 18.1. The highest BCUT2D eigenvalue weighted by Crippen LogP contribution is 2.26. The summed E-state index contributed by atoms with van der Waals surface area (Å²) in [6.45, 7) is 7.37. The summed E-state index contributed by atoms with van der Waals surface area (Å²) in [7, 11) is 1.68. The third-order valence-corrected chi connectivity index (χ3v) is 6.40. The van der Waals surface area contributed by atoms with Crippen molar-refractivity contribution < 1.29 is 19.1 Å². The second kappa shape index (κ2) is 11.1. The van der Waals surface area contributed by atoms with Crippen LogP contribution in [0.4, 0.5) is 16.3 Å². The Kier molecular flexibility index (Phi) is 7.72. The molecule has 2 aliphatic heterocycles. The second-order valence-electron chi connectivity index (χ2n) is 8.59. The molecule has 1 aromatic heterocycles. The monoisotopic (exact) mass is 467 g/mol. The number of hydrogen-bond acceptors (Lipinski definition) is 7. The van der Waals surface area contributed by atoms with Crippen LogP contribution in [0.2, 0.25) is 0 Å². The van der Waals surface area contributed by atoms with Crippen LogP contribution < -0.4 is 19.9 Å². The van der Waals surface area contributed by atoms with Crippen LogP contribution in [0.3, 0.4) is 0 Å². The third-order valence-electron chi connectivity index (χ3n) is 6.40. The molecule has 9 nitrogen and oxygen atoms in total. The lowest BCUT2D eigenvalue weighted by atomic mass is 10.1. The molecule has 2 aromatic rings. The minimum absolute atomic E-state index is 0.00917. The van der Waals surface area contributed by atoms with E-state index in [1.807, 2.05) is 23.1 Å². The minimum Gasteiger partial charge on any atom is -0.497 e. The van der Waals surface area contributed by atoms with E-state index in [0.29, 0.717) is 50.8 Å². The lowest BCUT2D eigenvalue weighted by Gasteiger charge is -2.35. The smallest absolute Gasteiger partial charge is 0.339 e. The molecule has 1 N–H and O–H groups in total. The first-order chi connectivity index (χ1) is 16.6. The fourth-order valence-corrected chi connectivity index (χ4v) is 4.43. The summed E-state index contributed by atoms with van der Waals surface area (Å²) in [5.41, 5.74) is 1.61. The predicted molar refractivity (Wildman–Crippen MR) is 131 cm³/mol. The molecule has 3 heterocycles. The number of urea groups is 1. The maximum absolute atomic E-state index is 12.7. The Hall–Kier alpha value is -3.49. The quantitative estimate of drug-likeness (QED) is 0.627. The van der Waals surface area contributed by atoms with Crippen molar-refractivity contribution >= 4 is 23.5 Å². The van der Waals surface area contributed by atoms with Crippen LogP contribution in [0, 0.1) is 5.92 Å². The standard InChI is InChI=1S/C25H33N5O4/c1-3-34-24(31)20-7-8-23(26-17-20)28-11-13-29(14-12-28)25(32)27-16-19-9-10-30(18-19)21-5-4-6-22(15-21)33-2/h4-8,15,17,19H,3,9-14,16,18H2,1-2H3,(H,27,32). The SMILES string of the molecule is CCOC(=O)c1ccc(N2CCN(C(=O)NCC3CCN(c4cccc(OC)c4)C3)CC2)nc1. The van der Waals surface area contributed by atoms with Crippen LogP contribution in [0.15, 0.2) is 42.6 Å². The lowest BCUT2D eigenvalue weighted by molar-refractivity contribution is 0.0526. The molecule has 1 atom stereocenters. The largest absolute Gasteiger partial charge is 0.497 e. The van der Waals surface area contributed by atoms with E-state index in [-0.39, 0.29) is 12.0 Å². The number of amides is 2. The van der Waals surface area contributed by atoms with Crippen LogP contribution >= 0.6 is 0 Å². The van der Waals surface area contributed by atoms with Crippen molar-refractivity contribution in [2.45, 2.75) is 13.3 Å². The zero-order valence-electron chi connectivity index (χ0n) is 19.9. The van der Waals surface area contributed by atoms with Crippen molar-refractivity contribution in [2.75, 3.05) is 69.3 Å². The van der Waals surface area contributed by atoms with E-state index in [0.717, 1.165) is 36.8 Å². The highest BCUT2D eigenvalue weighted by atomic mass is 16.5. The molecule has 0 aliphatic carbocycles. The van der Waals surface area contributed by atoms with E-state index in [2.05, 4.69) is 32.2 Å². The van der Waals surface area contributed by atoms with Gasteiger partial charge in [-0.3, -0.25) is 0 Å². The number of carbonyl (C=O) groups is 2. The number of nitrogens with one attached hydrogen (secondary N) is 1. The first-order valence-electron chi connectivity index (χ1n) is 11.9. The van der Waals surface area contributed by atoms with Gasteiger partial charge in [-0.2, -0.15) is 0 Å². The third kappa shape index (κ3) is 5.70. The van der Waals surface area contributed by atoms with Gasteiger partial charge in [0, 0.05) is 63.8 Å². The maximum Gasteiger partial charge on any atom is 0.339 e. The number of esters is 1. The fourth-order valence-electron chi connectivity index (χ4n) is 4.43. The summed E-state index contributed by atoms with van der Waals surface area (Å²) >= 11 is 0. The zero-order chi connectivity index (χ0) is 23.9. The number of rotatable bonds is 7. The molecule has 1 unspecified atom stereocenters. The van der Waals surface area contributed by atoms with Gasteiger partial charge in [-0.15, -0.1) is 0 Å². The van der Waals surface area contributed by atoms with Gasteiger partial charge in [-0.25, -0.2) is 14.6 Å². The number of piperazine rings is 1. The Morgan fingerprint density at radius 2 is 1.91 bits per heavy atom. The van der Waals surface area contributed by atoms with Crippen molar-refractivity contribution in [2.24, 2.45) is 5.92 Å². The molecule has 182 valence electrons. The van der Waals surface area contributed by atoms with E-state index in [1.165, 1.54) is 0 Å². The highest BCUT2D eigenvalue weighted by Gasteiger charge is 2.26. The highest BCUT2D eigenvalue weighted by molar-refractivity contribution is 5.89. The number of hydrogen-bond donors (Lipinski definition) is 1. The molecule has 4 rings (SSSR count). The molecule has 0 saturated carbocycles. The van der Waals surface area contributed by atoms with Gasteiger partial charge in [-0.05, 0) is 43.5 Å². The molecule has 2 fully saturated rings. The van der Waals surface area contributed by atoms with Crippen LogP contribution in [0.25, 0.3) is 0 Å². The average molecular weight is 468 g/mol. The van der Waals surface area contributed by atoms with Gasteiger partial charge in [-0.1, -0.05) is 6.07 Å². The van der Waals surface area contributed by atoms with E-state index in [1.54, 1.807) is 26.3 Å². The first-order valence-corrected chi connectivity index (χ1v) is 11.9. The summed E-state index contributed by atoms with van der Waals surface area (Å²) < 4.78 is 10.3. The molecule has 9 heteroatoms. The van der Waals surface area contributed by atoms with Crippen molar-refractivity contribution in [1.29, 1.82) is 0 Å². The number of methoxy groups -OCH3 is 1. The van der Waals surface area contributed by atoms with Crippen LogP contribution in [0.1, 0.15) is 23.7 Å². The summed E-state index contributed by atoms with van der Waals surface area (Å²) in [5, 5.41) is 3.13. The van der Waals surface area contributed by atoms with Gasteiger partial charge in [0.05, 0.1) is 19.3 Å². The van der Waals surface area contributed by atoms with Crippen molar-refractivity contribution in [3.63, 3.8) is 0 Å². The van der Waals surface area contributed by atoms with Crippen LogP contribution in [-0.2, 0) is 4.74 Å². The Bertz CT molecular complexity index is 976. The Morgan fingerprint density at radius 1 is 1.09 bits per heavy atom. The fraction of sp³-hybridized carbons (Fsp3) is 0.480. The summed E-state index contributed by atoms with van der Waals surface area (Å²) in [5.74, 6) is 1.73. The van der Waals surface area contributed by atoms with Gasteiger partial charge < -0.3 is 29.5 Å². The molecular weight excluding hydrogens is 434 g/mol. The number of anilines is 2. The maximum atomic E-state index is 12.7. The van der Waals surface area contributed by atoms with Gasteiger partial charge in [0.15, 0.2) is 0 Å². The van der Waals surface area contributed by atoms with Crippen molar-refractivity contribution in [3.8, 4) is 5.75 Å². The van der Waals surface area contributed by atoms with Crippen molar-refractivity contribution in [3.05, 3.63) is 48.2 Å². The predicted octanol–water partition coefficient (Wildman–Crippen LogP) is 2.63. The summed E-state index contributed by atoms with van der Waals surface area (Å²) in [6, 6.07) is 11.7. The average Bonchev–Trinajstić information content (AvgIpc) is 3.37. The van der Waals surface area contributed by atoms with Gasteiger partial charge in [0.1, 0.15) is 11.6 Å². The molecule has 2 aliphatic rings. The molecule has 1 aromatic carbocycles. The zero-order valence-corrected chi connectivity index (χ0v) is 19.9. The Balaban J connectivity index is 1.20. The number of benzene rings is 1. The molecule has 2 amide bonds. The second-order valence-corrected chi connectivity index (χ2v) is 8.59. The number of aromatic nitrogens is 1. The van der Waals surface area contributed by atoms with Gasteiger partial charge in [0.25, 0.3) is 0 Å². The molecule has 2 saturated heterocycles. The minimum atomic E-state index is -0.364. The summed E-state index contributed by atoms with van der Waals surface area (Å²) in [4.78, 5) is 35.2. The van der Waals surface area contributed by atoms with E-state index in [9.17, 15) is 9.59 Å². The number of nitrogens with zero attached hydrogens (tertiary/aromatic N) is 4. The van der Waals surface area contributed by atoms with Gasteiger partial charge >= 0.3 is 12.0 Å². The first kappa shape index (κ1) is 23.7. The molecule has 34 heavy (non-hydrogen) atoms. The van der Waals surface area contributed by atoms with E-state index >= 15 is 0 Å². The van der Waals surface area contributed by atoms with E-state index in [4.69, 9.17) is 9.47 Å². The molecule has 0 spiro atoms. The number of ether oxygens (including phenoxy) is 2. The summed E-state index contributed by atoms with van der Waals surface area (Å²) in [6.07, 6.45) is 2.60. The van der Waals surface area contributed by atoms with Crippen LogP contribution in [0.5, 0.6) is 5.75 Å². The molecular formula is C25H33N5O4. The number of pyridine rings is 1. The van der Waals surface area contributed by atoms with Gasteiger partial charge in [0.2, 0.25) is 0 Å². The van der Waals surface area contributed by atoms with E-state index < -0.39 is 0 Å².